The van der Waals surface area contributed by atoms with Crippen LogP contribution in [0.2, 0.25) is 0 Å². The molecule has 5 aromatic rings. The van der Waals surface area contributed by atoms with Crippen LogP contribution < -0.4 is 5.73 Å². The van der Waals surface area contributed by atoms with Gasteiger partial charge in [-0.15, -0.1) is 0 Å². The quantitative estimate of drug-likeness (QED) is 0.186. The number of benzene rings is 4. The SMILES string of the molecule is C=CC(=C)/C=C(C)/C(C)=C/c1c(Cc2cc(C)c(C=C)c3ccccc23)oc2ccc(C(C)(N)c3ccccc3)cc12. The molecule has 0 spiro atoms. The van der Waals surface area contributed by atoms with Gasteiger partial charge in [-0.3, -0.25) is 0 Å². The first-order valence-electron chi connectivity index (χ1n) is 14.4. The second-order valence-electron chi connectivity index (χ2n) is 11.3. The maximum atomic E-state index is 6.97. The van der Waals surface area contributed by atoms with E-state index < -0.39 is 5.54 Å². The van der Waals surface area contributed by atoms with Crippen molar-refractivity contribution in [2.24, 2.45) is 5.73 Å². The van der Waals surface area contributed by atoms with E-state index in [-0.39, 0.29) is 0 Å². The number of nitrogens with two attached hydrogens (primary N) is 1. The van der Waals surface area contributed by atoms with Crippen molar-refractivity contribution in [3.8, 4) is 0 Å². The van der Waals surface area contributed by atoms with Crippen molar-refractivity contribution in [2.75, 3.05) is 0 Å². The lowest BCUT2D eigenvalue weighted by atomic mass is 9.85. The summed E-state index contributed by atoms with van der Waals surface area (Å²) >= 11 is 0. The molecule has 0 saturated heterocycles. The Morgan fingerprint density at radius 1 is 0.833 bits per heavy atom. The summed E-state index contributed by atoms with van der Waals surface area (Å²) < 4.78 is 6.65. The lowest BCUT2D eigenvalue weighted by molar-refractivity contribution is 0.561. The van der Waals surface area contributed by atoms with E-state index in [1.807, 2.05) is 24.3 Å². The number of hydrogen-bond acceptors (Lipinski definition) is 2. The number of aryl methyl sites for hydroxylation is 1. The minimum atomic E-state index is -0.658. The van der Waals surface area contributed by atoms with Gasteiger partial charge in [-0.25, -0.2) is 0 Å². The van der Waals surface area contributed by atoms with E-state index in [1.165, 1.54) is 27.5 Å². The first-order chi connectivity index (χ1) is 20.1. The number of furan rings is 1. The Labute approximate surface area is 249 Å². The van der Waals surface area contributed by atoms with Gasteiger partial charge >= 0.3 is 0 Å². The van der Waals surface area contributed by atoms with Crippen LogP contribution in [0.4, 0.5) is 0 Å². The average molecular weight is 550 g/mol. The van der Waals surface area contributed by atoms with Crippen molar-refractivity contribution >= 4 is 33.9 Å². The maximum Gasteiger partial charge on any atom is 0.134 e. The summed E-state index contributed by atoms with van der Waals surface area (Å²) in [7, 11) is 0. The van der Waals surface area contributed by atoms with Crippen molar-refractivity contribution in [2.45, 2.75) is 39.7 Å². The Hall–Kier alpha value is -4.66. The summed E-state index contributed by atoms with van der Waals surface area (Å²) in [6.07, 6.45) is 8.67. The normalized spacial score (nSPS) is 13.7. The monoisotopic (exact) mass is 549 g/mol. The lowest BCUT2D eigenvalue weighted by Crippen LogP contribution is -2.34. The fourth-order valence-corrected chi connectivity index (χ4v) is 5.73. The van der Waals surface area contributed by atoms with Crippen LogP contribution in [0.3, 0.4) is 0 Å². The molecule has 4 aromatic carbocycles. The van der Waals surface area contributed by atoms with Crippen LogP contribution in [-0.4, -0.2) is 0 Å². The van der Waals surface area contributed by atoms with E-state index in [0.717, 1.165) is 50.1 Å². The molecule has 2 nitrogen and oxygen atoms in total. The Kier molecular flexibility index (Phi) is 8.02. The van der Waals surface area contributed by atoms with Crippen molar-refractivity contribution in [3.63, 3.8) is 0 Å². The second-order valence-corrected chi connectivity index (χ2v) is 11.3. The predicted molar refractivity (Wildman–Crippen MR) is 182 cm³/mol. The largest absolute Gasteiger partial charge is 0.460 e. The van der Waals surface area contributed by atoms with Gasteiger partial charge in [0.2, 0.25) is 0 Å². The molecular formula is C40H39NO. The third kappa shape index (κ3) is 5.46. The van der Waals surface area contributed by atoms with Crippen molar-refractivity contribution in [3.05, 3.63) is 167 Å². The summed E-state index contributed by atoms with van der Waals surface area (Å²) in [4.78, 5) is 0. The van der Waals surface area contributed by atoms with Gasteiger partial charge in [0.1, 0.15) is 11.3 Å². The molecule has 0 aliphatic carbocycles. The molecule has 0 aliphatic heterocycles. The molecule has 2 N–H and O–H groups in total. The van der Waals surface area contributed by atoms with Crippen LogP contribution in [-0.2, 0) is 12.0 Å². The number of fused-ring (bicyclic) bond motifs is 2. The summed E-state index contributed by atoms with van der Waals surface area (Å²) in [5.74, 6) is 0.922. The molecule has 0 fully saturated rings. The number of rotatable bonds is 9. The summed E-state index contributed by atoms with van der Waals surface area (Å²) in [5.41, 5.74) is 17.1. The Morgan fingerprint density at radius 3 is 2.21 bits per heavy atom. The van der Waals surface area contributed by atoms with Crippen LogP contribution in [0.15, 0.2) is 132 Å². The zero-order chi connectivity index (χ0) is 30.0. The molecule has 1 aromatic heterocycles. The zero-order valence-corrected chi connectivity index (χ0v) is 25.1. The van der Waals surface area contributed by atoms with Crippen LogP contribution in [0.25, 0.3) is 33.9 Å². The Balaban J connectivity index is 1.72. The predicted octanol–water partition coefficient (Wildman–Crippen LogP) is 10.4. The molecule has 0 amide bonds. The Morgan fingerprint density at radius 2 is 1.52 bits per heavy atom. The van der Waals surface area contributed by atoms with E-state index in [1.54, 1.807) is 6.08 Å². The van der Waals surface area contributed by atoms with Gasteiger partial charge in [0, 0.05) is 17.4 Å². The van der Waals surface area contributed by atoms with Gasteiger partial charge in [-0.1, -0.05) is 105 Å². The minimum Gasteiger partial charge on any atom is -0.460 e. The molecule has 1 atom stereocenters. The highest BCUT2D eigenvalue weighted by Gasteiger charge is 2.25. The second kappa shape index (κ2) is 11.7. The van der Waals surface area contributed by atoms with Crippen LogP contribution in [0.5, 0.6) is 0 Å². The van der Waals surface area contributed by atoms with Crippen LogP contribution in [0, 0.1) is 6.92 Å². The highest BCUT2D eigenvalue weighted by molar-refractivity contribution is 5.95. The molecule has 0 bridgehead atoms. The van der Waals surface area contributed by atoms with Gasteiger partial charge in [0.15, 0.2) is 0 Å². The molecule has 0 aliphatic rings. The fourth-order valence-electron chi connectivity index (χ4n) is 5.73. The standard InChI is InChI=1S/C40H39NO/c1-8-26(3)21-27(4)28(5)23-36-37-25-32(40(7,41)31-15-11-10-12-16-31)19-20-38(37)42-39(36)24-30-22-29(6)33(9-2)35-18-14-13-17-34(30)35/h8-23,25H,1-3,24,41H2,4-7H3/b27-21+,28-23+. The van der Waals surface area contributed by atoms with Crippen LogP contribution in [0.1, 0.15) is 59.9 Å². The number of allylic oxidation sites excluding steroid dienone is 5. The molecule has 210 valence electrons. The van der Waals surface area contributed by atoms with E-state index in [4.69, 9.17) is 10.2 Å². The maximum absolute atomic E-state index is 6.97. The Bertz CT molecular complexity index is 1890. The number of hydrogen-bond donors (Lipinski definition) is 1. The van der Waals surface area contributed by atoms with Gasteiger partial charge in [-0.2, -0.15) is 0 Å². The molecule has 0 radical (unpaired) electrons. The molecule has 1 heterocycles. The van der Waals surface area contributed by atoms with Crippen molar-refractivity contribution in [1.82, 2.24) is 0 Å². The molecule has 0 saturated carbocycles. The first kappa shape index (κ1) is 28.9. The lowest BCUT2D eigenvalue weighted by Gasteiger charge is -2.26. The zero-order valence-electron chi connectivity index (χ0n) is 25.1. The van der Waals surface area contributed by atoms with Gasteiger partial charge in [0.05, 0.1) is 5.54 Å². The average Bonchev–Trinajstić information content (AvgIpc) is 3.33. The van der Waals surface area contributed by atoms with Gasteiger partial charge in [-0.05, 0) is 101 Å². The first-order valence-corrected chi connectivity index (χ1v) is 14.4. The summed E-state index contributed by atoms with van der Waals surface area (Å²) in [5, 5.41) is 3.47. The van der Waals surface area contributed by atoms with Crippen molar-refractivity contribution in [1.29, 1.82) is 0 Å². The smallest absolute Gasteiger partial charge is 0.134 e. The third-order valence-electron chi connectivity index (χ3n) is 8.36. The highest BCUT2D eigenvalue weighted by Crippen LogP contribution is 2.37. The van der Waals surface area contributed by atoms with Crippen molar-refractivity contribution < 1.29 is 4.42 Å². The third-order valence-corrected chi connectivity index (χ3v) is 8.36. The highest BCUT2D eigenvalue weighted by atomic mass is 16.3. The minimum absolute atomic E-state index is 0.655. The molecule has 5 rings (SSSR count). The van der Waals surface area contributed by atoms with Crippen LogP contribution >= 0.6 is 0 Å². The molecule has 1 unspecified atom stereocenters. The van der Waals surface area contributed by atoms with E-state index >= 15 is 0 Å². The summed E-state index contributed by atoms with van der Waals surface area (Å²) in [6, 6.07) is 27.4. The van der Waals surface area contributed by atoms with Gasteiger partial charge < -0.3 is 10.2 Å². The molecule has 42 heavy (non-hydrogen) atoms. The summed E-state index contributed by atoms with van der Waals surface area (Å²) in [6.45, 7) is 20.4. The fraction of sp³-hybridized carbons (Fsp3) is 0.150. The van der Waals surface area contributed by atoms with E-state index in [9.17, 15) is 0 Å². The van der Waals surface area contributed by atoms with Gasteiger partial charge in [0.25, 0.3) is 0 Å². The van der Waals surface area contributed by atoms with E-state index in [0.29, 0.717) is 6.42 Å². The molecular weight excluding hydrogens is 510 g/mol. The van der Waals surface area contributed by atoms with E-state index in [2.05, 4.69) is 120 Å². The topological polar surface area (TPSA) is 39.2 Å². The molecule has 2 heteroatoms.